The fourth-order valence-corrected chi connectivity index (χ4v) is 3.04. The number of fused-ring (bicyclic) bond motifs is 3. The predicted molar refractivity (Wildman–Crippen MR) is 111 cm³/mol. The molecule has 4 aromatic carbocycles. The van der Waals surface area contributed by atoms with Crippen molar-refractivity contribution >= 4 is 21.8 Å². The zero-order valence-electron chi connectivity index (χ0n) is 25.8. The SMILES string of the molecule is [2H]c1c([2H])c([2H])c(-c2c([2H])c([2H])c3c(c2[2H])c2c([2H])c([2H])c([2H])c([2H])c2n3-c2cccc(C)c2)c([2H])c1[2H]. The van der Waals surface area contributed by atoms with E-state index in [1.807, 2.05) is 13.0 Å². The molecule has 5 rings (SSSR count). The van der Waals surface area contributed by atoms with E-state index in [9.17, 15) is 0 Å². The third-order valence-electron chi connectivity index (χ3n) is 4.17. The van der Waals surface area contributed by atoms with Crippen molar-refractivity contribution in [3.8, 4) is 16.8 Å². The van der Waals surface area contributed by atoms with Gasteiger partial charge in [0, 0.05) is 16.5 Å². The lowest BCUT2D eigenvalue weighted by Gasteiger charge is -2.09. The molecular weight excluding hydrogens is 314 g/mol. The van der Waals surface area contributed by atoms with E-state index in [0.29, 0.717) is 5.69 Å². The largest absolute Gasteiger partial charge is 0.309 e. The van der Waals surface area contributed by atoms with Crippen LogP contribution in [0.15, 0.2) is 96.8 Å². The highest BCUT2D eigenvalue weighted by atomic mass is 15.0. The molecule has 124 valence electrons. The van der Waals surface area contributed by atoms with Gasteiger partial charge in [0.1, 0.15) is 0 Å². The first-order chi connectivity index (χ1) is 17.8. The average Bonchev–Trinajstić information content (AvgIpc) is 3.25. The molecule has 0 amide bonds. The van der Waals surface area contributed by atoms with Crippen LogP contribution in [0.2, 0.25) is 0 Å². The molecule has 0 radical (unpaired) electrons. The highest BCUT2D eigenvalue weighted by molar-refractivity contribution is 6.10. The summed E-state index contributed by atoms with van der Waals surface area (Å²) in [5.41, 5.74) is 0.490. The van der Waals surface area contributed by atoms with Crippen LogP contribution in [0, 0.1) is 6.92 Å². The lowest BCUT2D eigenvalue weighted by molar-refractivity contribution is 1.17. The molecule has 0 bridgehead atoms. The van der Waals surface area contributed by atoms with E-state index < -0.39 is 78.1 Å². The highest BCUT2D eigenvalue weighted by Crippen LogP contribution is 2.34. The monoisotopic (exact) mass is 345 g/mol. The zero-order chi connectivity index (χ0) is 28.0. The van der Waals surface area contributed by atoms with Gasteiger partial charge in [-0.1, -0.05) is 66.5 Å². The Bertz CT molecular complexity index is 1830. The Hall–Kier alpha value is -3.32. The zero-order valence-corrected chi connectivity index (χ0v) is 13.8. The van der Waals surface area contributed by atoms with Crippen LogP contribution in [0.25, 0.3) is 38.6 Å². The standard InChI is InChI=1S/C25H19N/c1-18-8-7-11-21(16-18)26-24-13-6-5-12-22(24)23-17-20(14-15-25(23)26)19-9-3-2-4-10-19/h2-17H,1H3/i2D,3D,4D,5D,6D,9D,10D,12D,13D,14D,15D,17D. The third kappa shape index (κ3) is 2.33. The van der Waals surface area contributed by atoms with Crippen molar-refractivity contribution in [2.24, 2.45) is 0 Å². The topological polar surface area (TPSA) is 4.93 Å². The van der Waals surface area contributed by atoms with Crippen LogP contribution in [-0.2, 0) is 0 Å². The van der Waals surface area contributed by atoms with Gasteiger partial charge in [-0.05, 0) is 53.9 Å². The first kappa shape index (κ1) is 7.13. The Kier molecular flexibility index (Phi) is 1.61. The Morgan fingerprint density at radius 3 is 2.35 bits per heavy atom. The van der Waals surface area contributed by atoms with Gasteiger partial charge in [-0.2, -0.15) is 0 Å². The van der Waals surface area contributed by atoms with Gasteiger partial charge in [0.15, 0.2) is 0 Å². The molecule has 1 heterocycles. The molecule has 5 aromatic rings. The molecule has 0 unspecified atom stereocenters. The van der Waals surface area contributed by atoms with E-state index in [1.54, 1.807) is 18.2 Å². The molecular formula is C25H19N. The molecule has 0 fully saturated rings. The Morgan fingerprint density at radius 2 is 1.50 bits per heavy atom. The van der Waals surface area contributed by atoms with Gasteiger partial charge in [-0.3, -0.25) is 0 Å². The Morgan fingerprint density at radius 1 is 0.731 bits per heavy atom. The van der Waals surface area contributed by atoms with Crippen LogP contribution in [0.1, 0.15) is 22.0 Å². The maximum atomic E-state index is 9.09. The lowest BCUT2D eigenvalue weighted by Crippen LogP contribution is -1.93. The second-order valence-corrected chi connectivity index (χ2v) is 5.87. The summed E-state index contributed by atoms with van der Waals surface area (Å²) in [6, 6.07) is 0.389. The second kappa shape index (κ2) is 5.89. The molecule has 26 heavy (non-hydrogen) atoms. The Balaban J connectivity index is 2.12. The minimum atomic E-state index is -0.657. The maximum absolute atomic E-state index is 9.09. The fraction of sp³-hybridized carbons (Fsp3) is 0.0400. The molecule has 1 aromatic heterocycles. The van der Waals surface area contributed by atoms with Crippen molar-refractivity contribution in [2.75, 3.05) is 0 Å². The predicted octanol–water partition coefficient (Wildman–Crippen LogP) is 6.76. The van der Waals surface area contributed by atoms with Crippen molar-refractivity contribution in [1.29, 1.82) is 0 Å². The van der Waals surface area contributed by atoms with Crippen LogP contribution in [-0.4, -0.2) is 4.57 Å². The van der Waals surface area contributed by atoms with Gasteiger partial charge < -0.3 is 4.57 Å². The normalized spacial score (nSPS) is 17.7. The van der Waals surface area contributed by atoms with Crippen molar-refractivity contribution in [3.63, 3.8) is 0 Å². The number of rotatable bonds is 2. The number of para-hydroxylation sites is 1. The molecule has 0 aliphatic rings. The summed E-state index contributed by atoms with van der Waals surface area (Å²) in [5.74, 6) is 0. The van der Waals surface area contributed by atoms with Crippen LogP contribution >= 0.6 is 0 Å². The molecule has 0 spiro atoms. The average molecular weight is 346 g/mol. The summed E-state index contributed by atoms with van der Waals surface area (Å²) >= 11 is 0. The van der Waals surface area contributed by atoms with Crippen LogP contribution in [0.4, 0.5) is 0 Å². The molecule has 0 aliphatic carbocycles. The number of hydrogen-bond acceptors (Lipinski definition) is 0. The summed E-state index contributed by atoms with van der Waals surface area (Å²) < 4.78 is 103. The first-order valence-corrected chi connectivity index (χ1v) is 7.99. The number of hydrogen-bond donors (Lipinski definition) is 0. The quantitative estimate of drug-likeness (QED) is 0.333. The van der Waals surface area contributed by atoms with Crippen molar-refractivity contribution < 1.29 is 16.4 Å². The van der Waals surface area contributed by atoms with Gasteiger partial charge in [0.25, 0.3) is 0 Å². The van der Waals surface area contributed by atoms with Crippen molar-refractivity contribution in [2.45, 2.75) is 6.92 Å². The molecule has 0 aliphatic heterocycles. The van der Waals surface area contributed by atoms with E-state index in [2.05, 4.69) is 0 Å². The van der Waals surface area contributed by atoms with Crippen LogP contribution < -0.4 is 0 Å². The summed E-state index contributed by atoms with van der Waals surface area (Å²) in [6.07, 6.45) is 0. The van der Waals surface area contributed by atoms with E-state index in [1.165, 1.54) is 4.57 Å². The van der Waals surface area contributed by atoms with E-state index in [0.717, 1.165) is 5.56 Å². The fourth-order valence-electron chi connectivity index (χ4n) is 3.04. The van der Waals surface area contributed by atoms with Crippen molar-refractivity contribution in [1.82, 2.24) is 4.57 Å². The summed E-state index contributed by atoms with van der Waals surface area (Å²) in [4.78, 5) is 0. The molecule has 1 nitrogen and oxygen atoms in total. The smallest absolute Gasteiger partial charge is 0.0645 e. The van der Waals surface area contributed by atoms with Gasteiger partial charge in [-0.25, -0.2) is 0 Å². The minimum Gasteiger partial charge on any atom is -0.309 e. The Labute approximate surface area is 170 Å². The highest BCUT2D eigenvalue weighted by Gasteiger charge is 2.12. The third-order valence-corrected chi connectivity index (χ3v) is 4.17. The van der Waals surface area contributed by atoms with E-state index >= 15 is 0 Å². The van der Waals surface area contributed by atoms with Gasteiger partial charge in [-0.15, -0.1) is 0 Å². The number of nitrogens with zero attached hydrogens (tertiary/aromatic N) is 1. The van der Waals surface area contributed by atoms with Gasteiger partial charge in [0.2, 0.25) is 0 Å². The second-order valence-electron chi connectivity index (χ2n) is 5.87. The molecule has 0 N–H and O–H groups in total. The molecule has 1 heteroatoms. The first-order valence-electron chi connectivity index (χ1n) is 14.0. The van der Waals surface area contributed by atoms with Gasteiger partial charge >= 0.3 is 0 Å². The summed E-state index contributed by atoms with van der Waals surface area (Å²) in [7, 11) is 0. The maximum Gasteiger partial charge on any atom is 0.0645 e. The van der Waals surface area contributed by atoms with E-state index in [-0.39, 0.29) is 27.4 Å². The van der Waals surface area contributed by atoms with E-state index in [4.69, 9.17) is 16.4 Å². The minimum absolute atomic E-state index is 0.0104. The van der Waals surface area contributed by atoms with Crippen LogP contribution in [0.3, 0.4) is 0 Å². The molecule has 0 atom stereocenters. The number of benzene rings is 4. The summed E-state index contributed by atoms with van der Waals surface area (Å²) in [6.45, 7) is 1.83. The molecule has 0 saturated heterocycles. The molecule has 0 saturated carbocycles. The number of aryl methyl sites for hydroxylation is 1. The van der Waals surface area contributed by atoms with Crippen molar-refractivity contribution in [3.05, 3.63) is 102 Å². The van der Waals surface area contributed by atoms with Gasteiger partial charge in [0.05, 0.1) is 27.5 Å². The lowest BCUT2D eigenvalue weighted by atomic mass is 10.0. The number of aromatic nitrogens is 1. The van der Waals surface area contributed by atoms with Crippen LogP contribution in [0.5, 0.6) is 0 Å². The summed E-state index contributed by atoms with van der Waals surface area (Å²) in [5, 5.41) is -0.129.